The van der Waals surface area contributed by atoms with Crippen molar-refractivity contribution in [3.63, 3.8) is 0 Å². The van der Waals surface area contributed by atoms with Gasteiger partial charge in [0.15, 0.2) is 5.82 Å². The van der Waals surface area contributed by atoms with Crippen molar-refractivity contribution < 1.29 is 0 Å². The molecule has 0 fully saturated rings. The Balaban J connectivity index is 1.78. The Morgan fingerprint density at radius 3 is 2.65 bits per heavy atom. The second-order valence-corrected chi connectivity index (χ2v) is 5.67. The summed E-state index contributed by atoms with van der Waals surface area (Å²) in [5, 5.41) is 4.41. The van der Waals surface area contributed by atoms with Gasteiger partial charge < -0.3 is 4.57 Å². The molecule has 2 heterocycles. The summed E-state index contributed by atoms with van der Waals surface area (Å²) >= 11 is 0. The zero-order chi connectivity index (χ0) is 16.2. The van der Waals surface area contributed by atoms with Gasteiger partial charge in [-0.1, -0.05) is 19.1 Å². The Labute approximate surface area is 136 Å². The highest BCUT2D eigenvalue weighted by Crippen LogP contribution is 2.17. The summed E-state index contributed by atoms with van der Waals surface area (Å²) in [7, 11) is 0. The van der Waals surface area contributed by atoms with Crippen LogP contribution < -0.4 is 0 Å². The summed E-state index contributed by atoms with van der Waals surface area (Å²) < 4.78 is 3.92. The van der Waals surface area contributed by atoms with Crippen molar-refractivity contribution >= 4 is 12.2 Å². The van der Waals surface area contributed by atoms with E-state index < -0.39 is 0 Å². The molecule has 5 heteroatoms. The lowest BCUT2D eigenvalue weighted by Crippen LogP contribution is -1.96. The molecule has 23 heavy (non-hydrogen) atoms. The Bertz CT molecular complexity index is 826. The van der Waals surface area contributed by atoms with Crippen molar-refractivity contribution in [3.05, 3.63) is 59.7 Å². The van der Waals surface area contributed by atoms with E-state index in [1.54, 1.807) is 6.33 Å². The van der Waals surface area contributed by atoms with Crippen LogP contribution in [0, 0.1) is 13.8 Å². The molecule has 1 aromatic carbocycles. The summed E-state index contributed by atoms with van der Waals surface area (Å²) in [4.78, 5) is 8.57. The quantitative estimate of drug-likeness (QED) is 0.722. The summed E-state index contributed by atoms with van der Waals surface area (Å²) in [5.41, 5.74) is 4.50. The second kappa shape index (κ2) is 6.60. The molecule has 0 radical (unpaired) electrons. The molecule has 0 amide bonds. The third-order valence-corrected chi connectivity index (χ3v) is 3.64. The maximum Gasteiger partial charge on any atom is 0.173 e. The molecule has 0 aliphatic rings. The number of benzene rings is 1. The first-order chi connectivity index (χ1) is 11.2. The van der Waals surface area contributed by atoms with Crippen molar-refractivity contribution in [1.29, 1.82) is 0 Å². The minimum atomic E-state index is 0.741. The van der Waals surface area contributed by atoms with Crippen molar-refractivity contribution in [3.8, 4) is 5.69 Å². The van der Waals surface area contributed by atoms with Crippen LogP contribution >= 0.6 is 0 Å². The van der Waals surface area contributed by atoms with Crippen LogP contribution in [0.1, 0.15) is 36.0 Å². The smallest absolute Gasteiger partial charge is 0.173 e. The fourth-order valence-corrected chi connectivity index (χ4v) is 2.52. The standard InChI is InChI=1S/C18H21N5/c1-4-9-23-13-20-18(21-23)8-6-16-5-7-17(14(2)10-16)22-11-15(3)19-12-22/h5-8,10-13H,4,9H2,1-3H3/b8-6+. The number of aryl methyl sites for hydroxylation is 3. The van der Waals surface area contributed by atoms with Gasteiger partial charge in [0, 0.05) is 18.4 Å². The van der Waals surface area contributed by atoms with Crippen molar-refractivity contribution in [2.75, 3.05) is 0 Å². The molecule has 0 aliphatic carbocycles. The van der Waals surface area contributed by atoms with E-state index in [4.69, 9.17) is 0 Å². The number of hydrogen-bond acceptors (Lipinski definition) is 3. The van der Waals surface area contributed by atoms with Gasteiger partial charge in [-0.25, -0.2) is 9.97 Å². The highest BCUT2D eigenvalue weighted by molar-refractivity contribution is 5.67. The Morgan fingerprint density at radius 1 is 1.09 bits per heavy atom. The zero-order valence-electron chi connectivity index (χ0n) is 13.8. The van der Waals surface area contributed by atoms with Gasteiger partial charge in [-0.05, 0) is 49.6 Å². The van der Waals surface area contributed by atoms with Gasteiger partial charge in [0.05, 0.1) is 12.0 Å². The van der Waals surface area contributed by atoms with Crippen LogP contribution in [0.4, 0.5) is 0 Å². The predicted molar refractivity (Wildman–Crippen MR) is 92.3 cm³/mol. The van der Waals surface area contributed by atoms with E-state index in [1.807, 2.05) is 40.8 Å². The first kappa shape index (κ1) is 15.2. The molecule has 2 aromatic heterocycles. The number of rotatable bonds is 5. The number of nitrogens with zero attached hydrogens (tertiary/aromatic N) is 5. The molecular weight excluding hydrogens is 286 g/mol. The van der Waals surface area contributed by atoms with E-state index in [1.165, 1.54) is 5.56 Å². The van der Waals surface area contributed by atoms with E-state index in [0.29, 0.717) is 0 Å². The lowest BCUT2D eigenvalue weighted by Gasteiger charge is -2.07. The summed E-state index contributed by atoms with van der Waals surface area (Å²) in [5.74, 6) is 0.741. The third-order valence-electron chi connectivity index (χ3n) is 3.64. The first-order valence-corrected chi connectivity index (χ1v) is 7.85. The lowest BCUT2D eigenvalue weighted by molar-refractivity contribution is 0.600. The van der Waals surface area contributed by atoms with Crippen LogP contribution in [0.3, 0.4) is 0 Å². The molecule has 118 valence electrons. The van der Waals surface area contributed by atoms with Gasteiger partial charge in [-0.3, -0.25) is 4.68 Å². The van der Waals surface area contributed by atoms with Crippen LogP contribution in [-0.4, -0.2) is 24.3 Å². The van der Waals surface area contributed by atoms with Crippen molar-refractivity contribution in [2.24, 2.45) is 0 Å². The molecule has 0 bridgehead atoms. The molecule has 0 atom stereocenters. The second-order valence-electron chi connectivity index (χ2n) is 5.67. The maximum atomic E-state index is 4.41. The van der Waals surface area contributed by atoms with E-state index in [9.17, 15) is 0 Å². The molecule has 0 N–H and O–H groups in total. The molecule has 0 saturated heterocycles. The normalized spacial score (nSPS) is 11.4. The fraction of sp³-hybridized carbons (Fsp3) is 0.278. The highest BCUT2D eigenvalue weighted by atomic mass is 15.3. The number of imidazole rings is 1. The molecule has 0 saturated carbocycles. The van der Waals surface area contributed by atoms with E-state index in [-0.39, 0.29) is 0 Å². The van der Waals surface area contributed by atoms with E-state index >= 15 is 0 Å². The molecule has 5 nitrogen and oxygen atoms in total. The van der Waals surface area contributed by atoms with Gasteiger partial charge in [-0.15, -0.1) is 0 Å². The first-order valence-electron chi connectivity index (χ1n) is 7.85. The maximum absolute atomic E-state index is 4.41. The Morgan fingerprint density at radius 2 is 1.96 bits per heavy atom. The summed E-state index contributed by atoms with van der Waals surface area (Å²) in [6.45, 7) is 7.13. The molecule has 0 unspecified atom stereocenters. The van der Waals surface area contributed by atoms with E-state index in [2.05, 4.69) is 47.1 Å². The van der Waals surface area contributed by atoms with Gasteiger partial charge in [-0.2, -0.15) is 5.10 Å². The largest absolute Gasteiger partial charge is 0.306 e. The minimum absolute atomic E-state index is 0.741. The third kappa shape index (κ3) is 3.56. The molecule has 3 aromatic rings. The summed E-state index contributed by atoms with van der Waals surface area (Å²) in [6, 6.07) is 6.36. The average Bonchev–Trinajstić information content (AvgIpc) is 3.15. The zero-order valence-corrected chi connectivity index (χ0v) is 13.8. The van der Waals surface area contributed by atoms with Crippen LogP contribution in [0.5, 0.6) is 0 Å². The Hall–Kier alpha value is -2.69. The topological polar surface area (TPSA) is 48.5 Å². The molecule has 0 spiro atoms. The molecular formula is C18H21N5. The van der Waals surface area contributed by atoms with Gasteiger partial charge in [0.2, 0.25) is 0 Å². The predicted octanol–water partition coefficient (Wildman–Crippen LogP) is 3.66. The SMILES string of the molecule is CCCn1cnc(/C=C/c2ccc(-n3cnc(C)c3)c(C)c2)n1. The van der Waals surface area contributed by atoms with Gasteiger partial charge in [0.1, 0.15) is 6.33 Å². The van der Waals surface area contributed by atoms with Crippen molar-refractivity contribution in [1.82, 2.24) is 24.3 Å². The fourth-order valence-electron chi connectivity index (χ4n) is 2.52. The van der Waals surface area contributed by atoms with E-state index in [0.717, 1.165) is 35.7 Å². The van der Waals surface area contributed by atoms with Crippen LogP contribution in [0.2, 0.25) is 0 Å². The number of hydrogen-bond donors (Lipinski definition) is 0. The van der Waals surface area contributed by atoms with Gasteiger partial charge in [0.25, 0.3) is 0 Å². The van der Waals surface area contributed by atoms with Crippen LogP contribution in [0.15, 0.2) is 37.1 Å². The van der Waals surface area contributed by atoms with Crippen LogP contribution in [-0.2, 0) is 6.54 Å². The lowest BCUT2D eigenvalue weighted by atomic mass is 10.1. The van der Waals surface area contributed by atoms with Crippen LogP contribution in [0.25, 0.3) is 17.8 Å². The van der Waals surface area contributed by atoms with Crippen molar-refractivity contribution in [2.45, 2.75) is 33.7 Å². The molecule has 3 rings (SSSR count). The average molecular weight is 307 g/mol. The molecule has 0 aliphatic heterocycles. The minimum Gasteiger partial charge on any atom is -0.306 e. The summed E-state index contributed by atoms with van der Waals surface area (Å²) in [6.07, 6.45) is 10.7. The monoisotopic (exact) mass is 307 g/mol. The number of aromatic nitrogens is 5. The Kier molecular flexibility index (Phi) is 4.37. The highest BCUT2D eigenvalue weighted by Gasteiger charge is 2.02. The van der Waals surface area contributed by atoms with Gasteiger partial charge >= 0.3 is 0 Å².